The van der Waals surface area contributed by atoms with Crippen LogP contribution in [0.5, 0.6) is 0 Å². The van der Waals surface area contributed by atoms with Crippen LogP contribution in [0.2, 0.25) is 0 Å². The van der Waals surface area contributed by atoms with Gasteiger partial charge < -0.3 is 10.4 Å². The Bertz CT molecular complexity index is 549. The van der Waals surface area contributed by atoms with Crippen LogP contribution in [0.4, 0.5) is 0 Å². The summed E-state index contributed by atoms with van der Waals surface area (Å²) >= 11 is 0.831. The number of rotatable bonds is 6. The standard InChI is InChI=1S/C9H12N2O5S2/c1-6(12)10-2-3-11-18(15,16)8-4-7(5-17-8)9(13)14/h4-5,11H,2-3H2,1H3,(H,10,12)(H,13,14). The summed E-state index contributed by atoms with van der Waals surface area (Å²) in [7, 11) is -3.72. The Balaban J connectivity index is 2.62. The summed E-state index contributed by atoms with van der Waals surface area (Å²) in [5.74, 6) is -1.43. The fourth-order valence-electron chi connectivity index (χ4n) is 1.06. The number of sulfonamides is 1. The van der Waals surface area contributed by atoms with Gasteiger partial charge in [-0.25, -0.2) is 17.9 Å². The monoisotopic (exact) mass is 292 g/mol. The Hall–Kier alpha value is -1.45. The third-order valence-electron chi connectivity index (χ3n) is 1.88. The molecule has 0 atom stereocenters. The minimum absolute atomic E-state index is 0.0439. The van der Waals surface area contributed by atoms with Crippen LogP contribution in [0.3, 0.4) is 0 Å². The average molecular weight is 292 g/mol. The molecule has 1 rings (SSSR count). The van der Waals surface area contributed by atoms with E-state index in [9.17, 15) is 18.0 Å². The van der Waals surface area contributed by atoms with Gasteiger partial charge in [-0.05, 0) is 6.07 Å². The van der Waals surface area contributed by atoms with Crippen LogP contribution in [0.25, 0.3) is 0 Å². The molecule has 0 unspecified atom stereocenters. The molecule has 7 nitrogen and oxygen atoms in total. The van der Waals surface area contributed by atoms with Gasteiger partial charge in [0.2, 0.25) is 15.9 Å². The Morgan fingerprint density at radius 2 is 2.06 bits per heavy atom. The summed E-state index contributed by atoms with van der Waals surface area (Å²) < 4.78 is 25.6. The van der Waals surface area contributed by atoms with E-state index in [1.807, 2.05) is 0 Å². The number of aromatic carboxylic acids is 1. The van der Waals surface area contributed by atoms with Crippen molar-refractivity contribution in [1.29, 1.82) is 0 Å². The van der Waals surface area contributed by atoms with Crippen LogP contribution in [-0.2, 0) is 14.8 Å². The Labute approximate surface area is 108 Å². The van der Waals surface area contributed by atoms with Gasteiger partial charge in [-0.3, -0.25) is 4.79 Å². The van der Waals surface area contributed by atoms with E-state index in [4.69, 9.17) is 5.11 Å². The molecule has 1 heterocycles. The number of amides is 1. The van der Waals surface area contributed by atoms with Crippen molar-refractivity contribution in [2.45, 2.75) is 11.1 Å². The number of carboxylic acid groups (broad SMARTS) is 1. The number of hydrogen-bond acceptors (Lipinski definition) is 5. The van der Waals surface area contributed by atoms with Gasteiger partial charge in [-0.2, -0.15) is 0 Å². The van der Waals surface area contributed by atoms with Crippen LogP contribution < -0.4 is 10.0 Å². The van der Waals surface area contributed by atoms with Gasteiger partial charge in [0, 0.05) is 25.4 Å². The van der Waals surface area contributed by atoms with Gasteiger partial charge in [-0.15, -0.1) is 11.3 Å². The number of hydrogen-bond donors (Lipinski definition) is 3. The first-order valence-corrected chi connectivity index (χ1v) is 7.25. The smallest absolute Gasteiger partial charge is 0.336 e. The molecule has 3 N–H and O–H groups in total. The summed E-state index contributed by atoms with van der Waals surface area (Å²) in [6.45, 7) is 1.54. The predicted molar refractivity (Wildman–Crippen MR) is 65.2 cm³/mol. The fraction of sp³-hybridized carbons (Fsp3) is 0.333. The quantitative estimate of drug-likeness (QED) is 0.632. The maximum atomic E-state index is 11.7. The maximum absolute atomic E-state index is 11.7. The van der Waals surface area contributed by atoms with E-state index in [0.29, 0.717) is 0 Å². The van der Waals surface area contributed by atoms with E-state index in [2.05, 4.69) is 10.0 Å². The highest BCUT2D eigenvalue weighted by Gasteiger charge is 2.18. The predicted octanol–water partition coefficient (Wildman–Crippen LogP) is -0.139. The molecular weight excluding hydrogens is 280 g/mol. The molecule has 9 heteroatoms. The Kier molecular flexibility index (Phi) is 4.82. The molecule has 100 valence electrons. The maximum Gasteiger partial charge on any atom is 0.336 e. The second-order valence-corrected chi connectivity index (χ2v) is 6.25. The fourth-order valence-corrected chi connectivity index (χ4v) is 3.29. The highest BCUT2D eigenvalue weighted by Crippen LogP contribution is 2.19. The first-order valence-electron chi connectivity index (χ1n) is 4.89. The normalized spacial score (nSPS) is 11.2. The second-order valence-electron chi connectivity index (χ2n) is 3.34. The van der Waals surface area contributed by atoms with E-state index in [1.165, 1.54) is 12.3 Å². The molecule has 0 aliphatic heterocycles. The first kappa shape index (κ1) is 14.6. The molecule has 0 bridgehead atoms. The SMILES string of the molecule is CC(=O)NCCNS(=O)(=O)c1cc(C(=O)O)cs1. The molecule has 0 fully saturated rings. The lowest BCUT2D eigenvalue weighted by Gasteiger charge is -2.04. The topological polar surface area (TPSA) is 113 Å². The van der Waals surface area contributed by atoms with Crippen molar-refractivity contribution in [2.75, 3.05) is 13.1 Å². The summed E-state index contributed by atoms with van der Waals surface area (Å²) in [6.07, 6.45) is 0. The lowest BCUT2D eigenvalue weighted by atomic mass is 10.4. The van der Waals surface area contributed by atoms with E-state index < -0.39 is 16.0 Å². The molecule has 0 saturated carbocycles. The van der Waals surface area contributed by atoms with Crippen LogP contribution >= 0.6 is 11.3 Å². The molecular formula is C9H12N2O5S2. The van der Waals surface area contributed by atoms with E-state index in [0.717, 1.165) is 17.4 Å². The molecule has 1 aromatic heterocycles. The van der Waals surface area contributed by atoms with E-state index in [-0.39, 0.29) is 28.8 Å². The van der Waals surface area contributed by atoms with Crippen molar-refractivity contribution in [3.05, 3.63) is 17.0 Å². The van der Waals surface area contributed by atoms with Crippen LogP contribution in [0.15, 0.2) is 15.7 Å². The third-order valence-corrected chi connectivity index (χ3v) is 4.78. The molecule has 1 aromatic rings. The minimum atomic E-state index is -3.72. The zero-order valence-corrected chi connectivity index (χ0v) is 11.1. The van der Waals surface area contributed by atoms with Crippen LogP contribution in [0, 0.1) is 0 Å². The van der Waals surface area contributed by atoms with Crippen molar-refractivity contribution in [2.24, 2.45) is 0 Å². The van der Waals surface area contributed by atoms with Gasteiger partial charge in [0.25, 0.3) is 0 Å². The van der Waals surface area contributed by atoms with Gasteiger partial charge in [0.15, 0.2) is 0 Å². The van der Waals surface area contributed by atoms with Crippen molar-refractivity contribution in [3.8, 4) is 0 Å². The third kappa shape index (κ3) is 4.09. The molecule has 0 aliphatic rings. The number of thiophene rings is 1. The summed E-state index contributed by atoms with van der Waals surface area (Å²) in [5, 5.41) is 12.4. The summed E-state index contributed by atoms with van der Waals surface area (Å²) in [5.41, 5.74) is -0.0674. The number of carbonyl (C=O) groups excluding carboxylic acids is 1. The van der Waals surface area contributed by atoms with Crippen molar-refractivity contribution in [3.63, 3.8) is 0 Å². The lowest BCUT2D eigenvalue weighted by Crippen LogP contribution is -2.33. The van der Waals surface area contributed by atoms with E-state index >= 15 is 0 Å². The zero-order chi connectivity index (χ0) is 13.8. The molecule has 0 aliphatic carbocycles. The van der Waals surface area contributed by atoms with E-state index in [1.54, 1.807) is 0 Å². The average Bonchev–Trinajstić information content (AvgIpc) is 2.74. The highest BCUT2D eigenvalue weighted by atomic mass is 32.2. The summed E-state index contributed by atoms with van der Waals surface area (Å²) in [6, 6.07) is 1.09. The van der Waals surface area contributed by atoms with Crippen LogP contribution in [-0.4, -0.2) is 38.5 Å². The Morgan fingerprint density at radius 3 is 2.56 bits per heavy atom. The lowest BCUT2D eigenvalue weighted by molar-refractivity contribution is -0.118. The second kappa shape index (κ2) is 5.94. The Morgan fingerprint density at radius 1 is 1.39 bits per heavy atom. The first-order chi connectivity index (χ1) is 8.33. The molecule has 18 heavy (non-hydrogen) atoms. The van der Waals surface area contributed by atoms with Crippen molar-refractivity contribution < 1.29 is 23.1 Å². The number of carbonyl (C=O) groups is 2. The van der Waals surface area contributed by atoms with Gasteiger partial charge in [-0.1, -0.05) is 0 Å². The molecule has 0 saturated heterocycles. The zero-order valence-electron chi connectivity index (χ0n) is 9.47. The van der Waals surface area contributed by atoms with Gasteiger partial charge in [0.05, 0.1) is 5.56 Å². The molecule has 1 amide bonds. The van der Waals surface area contributed by atoms with Gasteiger partial charge >= 0.3 is 5.97 Å². The van der Waals surface area contributed by atoms with Crippen LogP contribution in [0.1, 0.15) is 17.3 Å². The molecule has 0 radical (unpaired) electrons. The van der Waals surface area contributed by atoms with Gasteiger partial charge in [0.1, 0.15) is 4.21 Å². The largest absolute Gasteiger partial charge is 0.478 e. The molecule has 0 aromatic carbocycles. The van der Waals surface area contributed by atoms with Crippen molar-refractivity contribution >= 4 is 33.2 Å². The van der Waals surface area contributed by atoms with Crippen molar-refractivity contribution in [1.82, 2.24) is 10.0 Å². The highest BCUT2D eigenvalue weighted by molar-refractivity contribution is 7.91. The number of carboxylic acids is 1. The minimum Gasteiger partial charge on any atom is -0.478 e. The summed E-state index contributed by atoms with van der Waals surface area (Å²) in [4.78, 5) is 21.2. The molecule has 0 spiro atoms. The number of nitrogens with one attached hydrogen (secondary N) is 2.